The Morgan fingerprint density at radius 1 is 1.00 bits per heavy atom. The van der Waals surface area contributed by atoms with E-state index in [2.05, 4.69) is 0 Å². The summed E-state index contributed by atoms with van der Waals surface area (Å²) in [5, 5.41) is 0. The second-order valence-corrected chi connectivity index (χ2v) is 5.83. The van der Waals surface area contributed by atoms with E-state index < -0.39 is 8.68 Å². The minimum absolute atomic E-state index is 0.389. The van der Waals surface area contributed by atoms with Crippen LogP contribution in [0.3, 0.4) is 0 Å². The molecule has 0 unspecified atom stereocenters. The molecule has 0 fully saturated rings. The molecule has 0 amide bonds. The molecular formula is C6H14OSi. The summed E-state index contributed by atoms with van der Waals surface area (Å²) in [4.78, 5) is 0. The predicted octanol–water partition coefficient (Wildman–Crippen LogP) is 2.23. The van der Waals surface area contributed by atoms with Crippen LogP contribution in [-0.2, 0) is 4.46 Å². The average molecular weight is 130 g/mol. The van der Waals surface area contributed by atoms with Crippen LogP contribution in [0.5, 0.6) is 0 Å². The largest absolute Gasteiger partial charge is 0.388 e. The lowest BCUT2D eigenvalue weighted by atomic mass is 10.5. The zero-order chi connectivity index (χ0) is 6.73. The molecule has 0 bridgehead atoms. The molecule has 0 aliphatic rings. The van der Waals surface area contributed by atoms with Crippen LogP contribution >= 0.6 is 0 Å². The van der Waals surface area contributed by atoms with E-state index in [9.17, 15) is 4.46 Å². The Labute approximate surface area is 52.8 Å². The van der Waals surface area contributed by atoms with Gasteiger partial charge >= 0.3 is 0 Å². The van der Waals surface area contributed by atoms with Gasteiger partial charge in [0.2, 0.25) is 0 Å². The topological polar surface area (TPSA) is 17.1 Å². The van der Waals surface area contributed by atoms with Gasteiger partial charge in [-0.15, -0.1) is 0 Å². The highest BCUT2D eigenvalue weighted by Gasteiger charge is 2.13. The zero-order valence-corrected chi connectivity index (χ0v) is 7.06. The fourth-order valence-corrected chi connectivity index (χ4v) is 2.00. The lowest BCUT2D eigenvalue weighted by Crippen LogP contribution is -2.07. The maximum absolute atomic E-state index is 11.0. The van der Waals surface area contributed by atoms with Gasteiger partial charge in [0.25, 0.3) is 8.68 Å². The Hall–Kier alpha value is 0.0169. The summed E-state index contributed by atoms with van der Waals surface area (Å²) in [6.07, 6.45) is 0. The first-order valence-corrected chi connectivity index (χ1v) is 4.65. The van der Waals surface area contributed by atoms with E-state index in [1.165, 1.54) is 0 Å². The minimum Gasteiger partial charge on any atom is -0.388 e. The highest BCUT2D eigenvalue weighted by Crippen LogP contribution is 2.12. The SMILES string of the molecule is CC(C)[Si](=O)C(C)C. The summed E-state index contributed by atoms with van der Waals surface area (Å²) in [5.74, 6) is 0. The fraction of sp³-hybridized carbons (Fsp3) is 1.00. The molecule has 0 heterocycles. The lowest BCUT2D eigenvalue weighted by Gasteiger charge is -2.02. The van der Waals surface area contributed by atoms with Gasteiger partial charge in [-0.2, -0.15) is 0 Å². The van der Waals surface area contributed by atoms with Crippen LogP contribution in [0, 0.1) is 0 Å². The smallest absolute Gasteiger partial charge is 0.281 e. The van der Waals surface area contributed by atoms with Crippen LogP contribution in [0.15, 0.2) is 0 Å². The number of hydrogen-bond acceptors (Lipinski definition) is 1. The first kappa shape index (κ1) is 8.02. The molecule has 0 atom stereocenters. The van der Waals surface area contributed by atoms with Crippen molar-refractivity contribution < 1.29 is 4.46 Å². The van der Waals surface area contributed by atoms with E-state index in [0.29, 0.717) is 11.1 Å². The van der Waals surface area contributed by atoms with Crippen molar-refractivity contribution in [1.29, 1.82) is 0 Å². The molecule has 0 spiro atoms. The van der Waals surface area contributed by atoms with Gasteiger partial charge in [-0.05, 0) is 11.1 Å². The molecule has 0 aromatic carbocycles. The highest BCUT2D eigenvalue weighted by atomic mass is 28.3. The standard InChI is InChI=1S/C6H14OSi/c1-5(2)8(7)6(3)4/h5-6H,1-4H3. The summed E-state index contributed by atoms with van der Waals surface area (Å²) < 4.78 is 11.0. The van der Waals surface area contributed by atoms with Gasteiger partial charge in [0, 0.05) is 0 Å². The van der Waals surface area contributed by atoms with Crippen LogP contribution in [0.25, 0.3) is 0 Å². The molecule has 0 aromatic rings. The Bertz CT molecular complexity index is 76.5. The van der Waals surface area contributed by atoms with Gasteiger partial charge in [0.05, 0.1) is 0 Å². The van der Waals surface area contributed by atoms with Crippen molar-refractivity contribution >= 4 is 8.68 Å². The Morgan fingerprint density at radius 2 is 1.25 bits per heavy atom. The van der Waals surface area contributed by atoms with Crippen molar-refractivity contribution in [3.05, 3.63) is 0 Å². The van der Waals surface area contributed by atoms with E-state index in [0.717, 1.165) is 0 Å². The van der Waals surface area contributed by atoms with Crippen molar-refractivity contribution in [2.24, 2.45) is 0 Å². The zero-order valence-electron chi connectivity index (χ0n) is 6.06. The molecule has 0 aromatic heterocycles. The van der Waals surface area contributed by atoms with Crippen molar-refractivity contribution in [1.82, 2.24) is 0 Å². The molecule has 0 saturated heterocycles. The molecule has 1 nitrogen and oxygen atoms in total. The fourth-order valence-electron chi connectivity index (χ4n) is 0.667. The minimum atomic E-state index is -1.27. The van der Waals surface area contributed by atoms with E-state index >= 15 is 0 Å². The first-order chi connectivity index (χ1) is 3.55. The molecular weight excluding hydrogens is 116 g/mol. The summed E-state index contributed by atoms with van der Waals surface area (Å²) in [6.45, 7) is 8.06. The van der Waals surface area contributed by atoms with Crippen molar-refractivity contribution in [3.8, 4) is 0 Å². The van der Waals surface area contributed by atoms with E-state index in [1.807, 2.05) is 27.7 Å². The summed E-state index contributed by atoms with van der Waals surface area (Å²) in [6, 6.07) is 0. The van der Waals surface area contributed by atoms with Gasteiger partial charge in [0.1, 0.15) is 0 Å². The second kappa shape index (κ2) is 3.12. The maximum Gasteiger partial charge on any atom is 0.281 e. The van der Waals surface area contributed by atoms with Crippen molar-refractivity contribution in [3.63, 3.8) is 0 Å². The molecule has 0 aliphatic heterocycles. The first-order valence-electron chi connectivity index (χ1n) is 3.09. The van der Waals surface area contributed by atoms with E-state index in [1.54, 1.807) is 0 Å². The third-order valence-corrected chi connectivity index (χ3v) is 3.41. The van der Waals surface area contributed by atoms with Crippen LogP contribution in [-0.4, -0.2) is 8.68 Å². The lowest BCUT2D eigenvalue weighted by molar-refractivity contribution is 0.542. The maximum atomic E-state index is 11.0. The Balaban J connectivity index is 3.65. The predicted molar refractivity (Wildman–Crippen MR) is 36.6 cm³/mol. The molecule has 48 valence electrons. The van der Waals surface area contributed by atoms with Crippen LogP contribution in [0.1, 0.15) is 27.7 Å². The molecule has 0 radical (unpaired) electrons. The van der Waals surface area contributed by atoms with Gasteiger partial charge < -0.3 is 4.46 Å². The van der Waals surface area contributed by atoms with Crippen molar-refractivity contribution in [2.75, 3.05) is 0 Å². The summed E-state index contributed by atoms with van der Waals surface area (Å²) in [5.41, 5.74) is 0.778. The van der Waals surface area contributed by atoms with Crippen molar-refractivity contribution in [2.45, 2.75) is 38.8 Å². The molecule has 0 rings (SSSR count). The average Bonchev–Trinajstić information content (AvgIpc) is 1.64. The molecule has 0 N–H and O–H groups in total. The van der Waals surface area contributed by atoms with Crippen LogP contribution < -0.4 is 0 Å². The monoisotopic (exact) mass is 130 g/mol. The van der Waals surface area contributed by atoms with Crippen LogP contribution in [0.2, 0.25) is 11.1 Å². The molecule has 8 heavy (non-hydrogen) atoms. The Morgan fingerprint density at radius 3 is 1.25 bits per heavy atom. The van der Waals surface area contributed by atoms with Gasteiger partial charge in [0.15, 0.2) is 0 Å². The third kappa shape index (κ3) is 2.36. The number of rotatable bonds is 2. The quantitative estimate of drug-likeness (QED) is 0.524. The van der Waals surface area contributed by atoms with Gasteiger partial charge in [-0.25, -0.2) is 0 Å². The Kier molecular flexibility index (Phi) is 3.13. The summed E-state index contributed by atoms with van der Waals surface area (Å²) in [7, 11) is -1.27. The van der Waals surface area contributed by atoms with Gasteiger partial charge in [-0.1, -0.05) is 27.7 Å². The van der Waals surface area contributed by atoms with Gasteiger partial charge in [-0.3, -0.25) is 0 Å². The molecule has 2 heteroatoms. The van der Waals surface area contributed by atoms with E-state index in [4.69, 9.17) is 0 Å². The highest BCUT2D eigenvalue weighted by molar-refractivity contribution is 6.46. The van der Waals surface area contributed by atoms with Crippen LogP contribution in [0.4, 0.5) is 0 Å². The van der Waals surface area contributed by atoms with E-state index in [-0.39, 0.29) is 0 Å². The molecule has 0 aliphatic carbocycles. The number of hydrogen-bond donors (Lipinski definition) is 0. The summed E-state index contributed by atoms with van der Waals surface area (Å²) >= 11 is 0. The second-order valence-electron chi connectivity index (χ2n) is 2.71. The normalized spacial score (nSPS) is 10.8. The third-order valence-electron chi connectivity index (χ3n) is 1.14. The molecule has 0 saturated carbocycles.